The topological polar surface area (TPSA) is 84.3 Å². The highest BCUT2D eigenvalue weighted by atomic mass is 16.5. The SMILES string of the molecule is CC1OCCC1(C)NCc1ncncc1C(=O)O. The Morgan fingerprint density at radius 3 is 3.11 bits per heavy atom. The zero-order chi connectivity index (χ0) is 13.2. The lowest BCUT2D eigenvalue weighted by Crippen LogP contribution is -2.47. The first-order valence-electron chi connectivity index (χ1n) is 5.92. The Kier molecular flexibility index (Phi) is 3.58. The molecule has 18 heavy (non-hydrogen) atoms. The molecule has 0 saturated carbocycles. The molecular weight excluding hydrogens is 234 g/mol. The lowest BCUT2D eigenvalue weighted by molar-refractivity contribution is 0.0693. The molecule has 2 atom stereocenters. The van der Waals surface area contributed by atoms with Crippen LogP contribution in [0.2, 0.25) is 0 Å². The molecule has 6 nitrogen and oxygen atoms in total. The van der Waals surface area contributed by atoms with Crippen molar-refractivity contribution in [2.24, 2.45) is 0 Å². The number of hydrogen-bond acceptors (Lipinski definition) is 5. The molecule has 0 aromatic carbocycles. The second-order valence-electron chi connectivity index (χ2n) is 4.72. The summed E-state index contributed by atoms with van der Waals surface area (Å²) in [5, 5.41) is 12.4. The van der Waals surface area contributed by atoms with Crippen LogP contribution in [0.25, 0.3) is 0 Å². The van der Waals surface area contributed by atoms with Crippen LogP contribution in [0.4, 0.5) is 0 Å². The number of rotatable bonds is 4. The van der Waals surface area contributed by atoms with E-state index >= 15 is 0 Å². The molecule has 1 aliphatic rings. The summed E-state index contributed by atoms with van der Waals surface area (Å²) >= 11 is 0. The van der Waals surface area contributed by atoms with Crippen molar-refractivity contribution >= 4 is 5.97 Å². The number of aromatic nitrogens is 2. The van der Waals surface area contributed by atoms with Crippen LogP contribution >= 0.6 is 0 Å². The van der Waals surface area contributed by atoms with Crippen LogP contribution in [-0.4, -0.2) is 39.3 Å². The first-order chi connectivity index (χ1) is 8.53. The smallest absolute Gasteiger partial charge is 0.339 e. The van der Waals surface area contributed by atoms with Crippen molar-refractivity contribution in [1.82, 2.24) is 15.3 Å². The van der Waals surface area contributed by atoms with Crippen molar-refractivity contribution in [3.05, 3.63) is 23.8 Å². The van der Waals surface area contributed by atoms with Gasteiger partial charge in [-0.15, -0.1) is 0 Å². The summed E-state index contributed by atoms with van der Waals surface area (Å²) in [7, 11) is 0. The number of aromatic carboxylic acids is 1. The Hall–Kier alpha value is -1.53. The molecule has 1 aromatic heterocycles. The Morgan fingerprint density at radius 2 is 2.50 bits per heavy atom. The van der Waals surface area contributed by atoms with Crippen molar-refractivity contribution in [1.29, 1.82) is 0 Å². The van der Waals surface area contributed by atoms with Crippen LogP contribution in [0.5, 0.6) is 0 Å². The van der Waals surface area contributed by atoms with Crippen molar-refractivity contribution < 1.29 is 14.6 Å². The molecule has 1 fully saturated rings. The lowest BCUT2D eigenvalue weighted by atomic mass is 9.94. The third kappa shape index (κ3) is 2.49. The molecule has 98 valence electrons. The zero-order valence-corrected chi connectivity index (χ0v) is 10.5. The molecule has 2 heterocycles. The first kappa shape index (κ1) is 12.9. The van der Waals surface area contributed by atoms with Gasteiger partial charge in [0.25, 0.3) is 0 Å². The summed E-state index contributed by atoms with van der Waals surface area (Å²) in [5.74, 6) is -1.01. The van der Waals surface area contributed by atoms with E-state index < -0.39 is 5.97 Å². The Balaban J connectivity index is 2.09. The standard InChI is InChI=1S/C12H17N3O3/c1-8-12(2,3-4-18-8)15-6-10-9(11(16)17)5-13-7-14-10/h5,7-8,15H,3-4,6H2,1-2H3,(H,16,17). The molecule has 0 radical (unpaired) electrons. The minimum absolute atomic E-state index is 0.104. The minimum atomic E-state index is -1.01. The van der Waals surface area contributed by atoms with Gasteiger partial charge in [0.2, 0.25) is 0 Å². The molecule has 2 rings (SSSR count). The molecule has 1 saturated heterocycles. The highest BCUT2D eigenvalue weighted by Gasteiger charge is 2.36. The van der Waals surface area contributed by atoms with Crippen molar-refractivity contribution in [3.8, 4) is 0 Å². The minimum Gasteiger partial charge on any atom is -0.478 e. The first-order valence-corrected chi connectivity index (χ1v) is 5.92. The van der Waals surface area contributed by atoms with E-state index in [0.29, 0.717) is 12.2 Å². The number of nitrogens with one attached hydrogen (secondary N) is 1. The predicted octanol–water partition coefficient (Wildman–Crippen LogP) is 0.832. The average Bonchev–Trinajstić information content (AvgIpc) is 2.68. The molecule has 2 N–H and O–H groups in total. The maximum Gasteiger partial charge on any atom is 0.339 e. The number of hydrogen-bond donors (Lipinski definition) is 2. The van der Waals surface area contributed by atoms with Crippen molar-refractivity contribution in [3.63, 3.8) is 0 Å². The van der Waals surface area contributed by atoms with Crippen LogP contribution in [-0.2, 0) is 11.3 Å². The van der Waals surface area contributed by atoms with Crippen LogP contribution in [0.3, 0.4) is 0 Å². The van der Waals surface area contributed by atoms with E-state index in [1.54, 1.807) is 0 Å². The number of carboxylic acids is 1. The molecule has 1 aromatic rings. The highest BCUT2D eigenvalue weighted by molar-refractivity contribution is 5.88. The molecule has 0 bridgehead atoms. The fourth-order valence-corrected chi connectivity index (χ4v) is 2.03. The zero-order valence-electron chi connectivity index (χ0n) is 10.5. The van der Waals surface area contributed by atoms with Gasteiger partial charge >= 0.3 is 5.97 Å². The average molecular weight is 251 g/mol. The molecule has 6 heteroatoms. The van der Waals surface area contributed by atoms with Gasteiger partial charge in [0, 0.05) is 24.9 Å². The second kappa shape index (κ2) is 4.99. The normalized spacial score (nSPS) is 27.3. The van der Waals surface area contributed by atoms with Gasteiger partial charge in [-0.05, 0) is 20.3 Å². The summed E-state index contributed by atoms with van der Waals surface area (Å²) in [4.78, 5) is 18.8. The summed E-state index contributed by atoms with van der Waals surface area (Å²) in [6.07, 6.45) is 3.69. The Labute approximate surface area is 105 Å². The summed E-state index contributed by atoms with van der Waals surface area (Å²) in [6, 6.07) is 0. The summed E-state index contributed by atoms with van der Waals surface area (Å²) in [5.41, 5.74) is 0.499. The van der Waals surface area contributed by atoms with Gasteiger partial charge in [0.1, 0.15) is 11.9 Å². The van der Waals surface area contributed by atoms with Crippen molar-refractivity contribution in [2.75, 3.05) is 6.61 Å². The molecule has 1 aliphatic heterocycles. The molecule has 0 spiro atoms. The maximum atomic E-state index is 11.0. The number of carbonyl (C=O) groups is 1. The largest absolute Gasteiger partial charge is 0.478 e. The summed E-state index contributed by atoms with van der Waals surface area (Å²) in [6.45, 7) is 5.21. The van der Waals surface area contributed by atoms with E-state index in [9.17, 15) is 4.79 Å². The quantitative estimate of drug-likeness (QED) is 0.824. The van der Waals surface area contributed by atoms with E-state index in [-0.39, 0.29) is 17.2 Å². The monoisotopic (exact) mass is 251 g/mol. The van der Waals surface area contributed by atoms with E-state index in [1.807, 2.05) is 6.92 Å². The molecule has 2 unspecified atom stereocenters. The lowest BCUT2D eigenvalue weighted by Gasteiger charge is -2.29. The van der Waals surface area contributed by atoms with Crippen LogP contribution in [0.1, 0.15) is 36.3 Å². The molecular formula is C12H17N3O3. The fraction of sp³-hybridized carbons (Fsp3) is 0.583. The van der Waals surface area contributed by atoms with Gasteiger partial charge in [0.05, 0.1) is 11.8 Å². The molecule has 0 amide bonds. The van der Waals surface area contributed by atoms with Gasteiger partial charge in [0.15, 0.2) is 0 Å². The third-order valence-electron chi connectivity index (χ3n) is 3.57. The van der Waals surface area contributed by atoms with Gasteiger partial charge < -0.3 is 15.2 Å². The van der Waals surface area contributed by atoms with E-state index in [2.05, 4.69) is 22.2 Å². The van der Waals surface area contributed by atoms with Gasteiger partial charge in [-0.2, -0.15) is 0 Å². The maximum absolute atomic E-state index is 11.0. The second-order valence-corrected chi connectivity index (χ2v) is 4.72. The molecule has 0 aliphatic carbocycles. The number of carboxylic acid groups (broad SMARTS) is 1. The number of nitrogens with zero attached hydrogens (tertiary/aromatic N) is 2. The highest BCUT2D eigenvalue weighted by Crippen LogP contribution is 2.25. The van der Waals surface area contributed by atoms with Gasteiger partial charge in [-0.25, -0.2) is 14.8 Å². The van der Waals surface area contributed by atoms with Crippen LogP contribution in [0.15, 0.2) is 12.5 Å². The third-order valence-corrected chi connectivity index (χ3v) is 3.57. The predicted molar refractivity (Wildman–Crippen MR) is 64.3 cm³/mol. The van der Waals surface area contributed by atoms with Crippen LogP contribution < -0.4 is 5.32 Å². The number of ether oxygens (including phenoxy) is 1. The van der Waals surface area contributed by atoms with E-state index in [4.69, 9.17) is 9.84 Å². The van der Waals surface area contributed by atoms with E-state index in [0.717, 1.165) is 13.0 Å². The fourth-order valence-electron chi connectivity index (χ4n) is 2.03. The van der Waals surface area contributed by atoms with Crippen LogP contribution in [0, 0.1) is 0 Å². The summed E-state index contributed by atoms with van der Waals surface area (Å²) < 4.78 is 5.52. The van der Waals surface area contributed by atoms with Gasteiger partial charge in [-0.3, -0.25) is 0 Å². The van der Waals surface area contributed by atoms with Gasteiger partial charge in [-0.1, -0.05) is 0 Å². The Morgan fingerprint density at radius 1 is 1.72 bits per heavy atom. The Bertz CT molecular complexity index is 452. The van der Waals surface area contributed by atoms with E-state index in [1.165, 1.54) is 12.5 Å². The van der Waals surface area contributed by atoms with Crippen molar-refractivity contribution in [2.45, 2.75) is 38.5 Å².